The maximum atomic E-state index is 12.6. The van der Waals surface area contributed by atoms with Gasteiger partial charge in [0, 0.05) is 44.1 Å². The highest BCUT2D eigenvalue weighted by molar-refractivity contribution is 7.98. The number of amides is 2. The zero-order chi connectivity index (χ0) is 27.5. The largest absolute Gasteiger partial charge is 0.481 e. The number of likely N-dealkylation sites (N-methyl/N-ethyl adjacent to an activating group) is 1. The van der Waals surface area contributed by atoms with Crippen LogP contribution >= 0.6 is 11.8 Å². The van der Waals surface area contributed by atoms with Crippen LogP contribution in [0.25, 0.3) is 0 Å². The van der Waals surface area contributed by atoms with Crippen LogP contribution in [-0.2, 0) is 33.4 Å². The van der Waals surface area contributed by atoms with Crippen LogP contribution in [0.15, 0.2) is 0 Å². The number of carboxylic acid groups (broad SMARTS) is 1. The average molecular weight is 534 g/mol. The molecule has 4 N–H and O–H groups in total. The van der Waals surface area contributed by atoms with Gasteiger partial charge in [-0.2, -0.15) is 11.8 Å². The van der Waals surface area contributed by atoms with Gasteiger partial charge in [0.05, 0.1) is 37.8 Å². The first-order valence-electron chi connectivity index (χ1n) is 12.2. The van der Waals surface area contributed by atoms with Gasteiger partial charge in [0.25, 0.3) is 0 Å². The zero-order valence-corrected chi connectivity index (χ0v) is 22.9. The zero-order valence-electron chi connectivity index (χ0n) is 22.1. The average Bonchev–Trinajstić information content (AvgIpc) is 2.83. The molecule has 0 radical (unpaired) electrons. The van der Waals surface area contributed by atoms with Crippen LogP contribution in [0.2, 0.25) is 0 Å². The van der Waals surface area contributed by atoms with Gasteiger partial charge >= 0.3 is 5.97 Å². The van der Waals surface area contributed by atoms with E-state index in [9.17, 15) is 29.1 Å². The summed E-state index contributed by atoms with van der Waals surface area (Å²) in [6, 6.07) is -1.53. The van der Waals surface area contributed by atoms with E-state index in [0.717, 1.165) is 6.42 Å². The fourth-order valence-electron chi connectivity index (χ4n) is 3.12. The van der Waals surface area contributed by atoms with Crippen molar-refractivity contribution in [1.29, 1.82) is 0 Å². The lowest BCUT2D eigenvalue weighted by Gasteiger charge is -2.20. The number of rotatable bonds is 22. The van der Waals surface area contributed by atoms with Crippen molar-refractivity contribution in [2.75, 3.05) is 52.0 Å². The maximum absolute atomic E-state index is 12.6. The maximum Gasteiger partial charge on any atom is 0.307 e. The van der Waals surface area contributed by atoms with Gasteiger partial charge in [-0.15, -0.1) is 0 Å². The Morgan fingerprint density at radius 2 is 1.58 bits per heavy atom. The molecule has 0 bridgehead atoms. The van der Waals surface area contributed by atoms with Crippen LogP contribution in [-0.4, -0.2) is 98.6 Å². The highest BCUT2D eigenvalue weighted by Crippen LogP contribution is 2.13. The van der Waals surface area contributed by atoms with Crippen molar-refractivity contribution in [1.82, 2.24) is 16.0 Å². The molecule has 0 aliphatic carbocycles. The van der Waals surface area contributed by atoms with Crippen LogP contribution in [0, 0.1) is 11.8 Å². The second kappa shape index (κ2) is 20.1. The summed E-state index contributed by atoms with van der Waals surface area (Å²) in [5.41, 5.74) is 0. The first-order valence-corrected chi connectivity index (χ1v) is 13.6. The van der Waals surface area contributed by atoms with E-state index >= 15 is 0 Å². The van der Waals surface area contributed by atoms with E-state index in [1.807, 2.05) is 6.92 Å². The van der Waals surface area contributed by atoms with E-state index in [1.54, 1.807) is 20.2 Å². The van der Waals surface area contributed by atoms with Crippen molar-refractivity contribution in [2.45, 2.75) is 58.5 Å². The standard InChI is InChI=1S/C24H43N3O8S/c1-6-8-34-10-11-35-9-7-22(30)26-14-19(25-4)21(29)12-16(2)23(31)27-17(3)20(28)13-18(15-36-5)24(32)33/h16-19,25H,6-15H2,1-5H3,(H,26,30)(H,27,31)(H,32,33)/t16-,17+,18?,19+/m1/s1. The molecule has 0 spiro atoms. The minimum Gasteiger partial charge on any atom is -0.481 e. The number of carbonyl (C=O) groups excluding carboxylic acids is 4. The molecule has 0 saturated carbocycles. The second-order valence-electron chi connectivity index (χ2n) is 8.58. The van der Waals surface area contributed by atoms with Crippen LogP contribution in [0.4, 0.5) is 0 Å². The molecule has 208 valence electrons. The van der Waals surface area contributed by atoms with Gasteiger partial charge in [-0.05, 0) is 26.6 Å². The molecule has 0 aromatic heterocycles. The highest BCUT2D eigenvalue weighted by atomic mass is 32.2. The molecule has 11 nitrogen and oxygen atoms in total. The number of carboxylic acids is 1. The van der Waals surface area contributed by atoms with Crippen molar-refractivity contribution in [3.05, 3.63) is 0 Å². The van der Waals surface area contributed by atoms with Gasteiger partial charge in [-0.25, -0.2) is 0 Å². The molecule has 36 heavy (non-hydrogen) atoms. The Labute approximate surface area is 218 Å². The Bertz CT molecular complexity index is 707. The third-order valence-corrected chi connectivity index (χ3v) is 6.13. The molecular weight excluding hydrogens is 490 g/mol. The fraction of sp³-hybridized carbons (Fsp3) is 0.792. The summed E-state index contributed by atoms with van der Waals surface area (Å²) in [6.45, 7) is 6.97. The lowest BCUT2D eigenvalue weighted by molar-refractivity contribution is -0.143. The first-order chi connectivity index (χ1) is 17.1. The van der Waals surface area contributed by atoms with Crippen molar-refractivity contribution in [3.63, 3.8) is 0 Å². The smallest absolute Gasteiger partial charge is 0.307 e. The Hall–Kier alpha value is -2.02. The summed E-state index contributed by atoms with van der Waals surface area (Å²) in [5, 5.41) is 17.3. The van der Waals surface area contributed by atoms with Gasteiger partial charge in [0.15, 0.2) is 11.6 Å². The van der Waals surface area contributed by atoms with E-state index in [-0.39, 0.29) is 49.9 Å². The van der Waals surface area contributed by atoms with E-state index < -0.39 is 35.8 Å². The Morgan fingerprint density at radius 3 is 2.14 bits per heavy atom. The third kappa shape index (κ3) is 15.2. The Morgan fingerprint density at radius 1 is 0.944 bits per heavy atom. The molecule has 0 aliphatic heterocycles. The number of hydrogen-bond donors (Lipinski definition) is 4. The van der Waals surface area contributed by atoms with Gasteiger partial charge in [0.1, 0.15) is 0 Å². The van der Waals surface area contributed by atoms with Crippen molar-refractivity contribution in [3.8, 4) is 0 Å². The molecule has 0 rings (SSSR count). The monoisotopic (exact) mass is 533 g/mol. The summed E-state index contributed by atoms with van der Waals surface area (Å²) in [4.78, 5) is 60.7. The van der Waals surface area contributed by atoms with Crippen LogP contribution in [0.5, 0.6) is 0 Å². The third-order valence-electron chi connectivity index (χ3n) is 5.40. The molecule has 0 heterocycles. The quantitative estimate of drug-likeness (QED) is 0.145. The minimum absolute atomic E-state index is 0.0724. The number of ketones is 2. The molecule has 0 saturated heterocycles. The molecular formula is C24H43N3O8S. The minimum atomic E-state index is -1.05. The highest BCUT2D eigenvalue weighted by Gasteiger charge is 2.27. The number of ether oxygens (including phenoxy) is 2. The van der Waals surface area contributed by atoms with Crippen LogP contribution < -0.4 is 16.0 Å². The Balaban J connectivity index is 4.45. The van der Waals surface area contributed by atoms with Gasteiger partial charge in [-0.3, -0.25) is 24.0 Å². The first kappa shape index (κ1) is 34.0. The lowest BCUT2D eigenvalue weighted by Crippen LogP contribution is -2.47. The van der Waals surface area contributed by atoms with E-state index in [0.29, 0.717) is 25.6 Å². The fourth-order valence-corrected chi connectivity index (χ4v) is 3.79. The van der Waals surface area contributed by atoms with Gasteiger partial charge in [0.2, 0.25) is 11.8 Å². The van der Waals surface area contributed by atoms with Gasteiger partial charge < -0.3 is 30.5 Å². The summed E-state index contributed by atoms with van der Waals surface area (Å²) in [5.74, 6) is -3.63. The molecule has 4 atom stereocenters. The summed E-state index contributed by atoms with van der Waals surface area (Å²) in [6.07, 6.45) is 2.59. The number of aliphatic carboxylic acids is 1. The summed E-state index contributed by atoms with van der Waals surface area (Å²) >= 11 is 1.33. The van der Waals surface area contributed by atoms with Crippen molar-refractivity contribution >= 4 is 41.1 Å². The molecule has 0 aliphatic rings. The number of thioether (sulfide) groups is 1. The van der Waals surface area contributed by atoms with E-state index in [1.165, 1.54) is 18.7 Å². The second-order valence-corrected chi connectivity index (χ2v) is 9.49. The van der Waals surface area contributed by atoms with Crippen LogP contribution in [0.3, 0.4) is 0 Å². The van der Waals surface area contributed by atoms with Crippen molar-refractivity contribution < 1.29 is 38.6 Å². The van der Waals surface area contributed by atoms with Crippen molar-refractivity contribution in [2.24, 2.45) is 11.8 Å². The molecule has 0 aromatic rings. The Kier molecular flexibility index (Phi) is 19.0. The lowest BCUT2D eigenvalue weighted by atomic mass is 9.97. The molecule has 1 unspecified atom stereocenters. The van der Waals surface area contributed by atoms with Crippen LogP contribution in [0.1, 0.15) is 46.5 Å². The van der Waals surface area contributed by atoms with E-state index in [4.69, 9.17) is 9.47 Å². The number of Topliss-reactive ketones (excluding diaryl/α,β-unsaturated/α-hetero) is 2. The normalized spacial score (nSPS) is 14.4. The topological polar surface area (TPSA) is 160 Å². The predicted octanol–water partition coefficient (Wildman–Crippen LogP) is 0.647. The summed E-state index contributed by atoms with van der Waals surface area (Å²) in [7, 11) is 1.59. The summed E-state index contributed by atoms with van der Waals surface area (Å²) < 4.78 is 10.6. The SMILES string of the molecule is CCCOCCOCCC(=O)NC[C@H](NC)C(=O)C[C@@H](C)C(=O)N[C@@H](C)C(=O)CC(CSC)C(=O)O. The predicted molar refractivity (Wildman–Crippen MR) is 138 cm³/mol. The molecule has 0 fully saturated rings. The number of hydrogen-bond acceptors (Lipinski definition) is 9. The van der Waals surface area contributed by atoms with E-state index in [2.05, 4.69) is 16.0 Å². The molecule has 0 aromatic carbocycles. The molecule has 2 amide bonds. The number of nitrogens with one attached hydrogen (secondary N) is 3. The number of carbonyl (C=O) groups is 5. The van der Waals surface area contributed by atoms with Gasteiger partial charge in [-0.1, -0.05) is 13.8 Å². The molecule has 12 heteroatoms.